The molecule has 0 aliphatic rings. The van der Waals surface area contributed by atoms with E-state index in [-0.39, 0.29) is 62.5 Å². The molecule has 0 amide bonds. The van der Waals surface area contributed by atoms with Crippen LogP contribution in [0.3, 0.4) is 0 Å². The van der Waals surface area contributed by atoms with Crippen LogP contribution in [-0.2, 0) is 33.2 Å². The highest BCUT2D eigenvalue weighted by Gasteiger charge is 2.18. The average Bonchev–Trinajstić information content (AvgIpc) is 3.06. The minimum absolute atomic E-state index is 0.0230. The van der Waals surface area contributed by atoms with Crippen LogP contribution in [0.1, 0.15) is 51.8 Å². The first-order valence-electron chi connectivity index (χ1n) is 14.1. The summed E-state index contributed by atoms with van der Waals surface area (Å²) in [7, 11) is 0. The Morgan fingerprint density at radius 1 is 0.578 bits per heavy atom. The Kier molecular flexibility index (Phi) is 14.3. The van der Waals surface area contributed by atoms with Gasteiger partial charge in [0, 0.05) is 0 Å². The Labute approximate surface area is 261 Å². The Balaban J connectivity index is 1.39. The van der Waals surface area contributed by atoms with Crippen molar-refractivity contribution in [3.05, 3.63) is 95.6 Å². The van der Waals surface area contributed by atoms with Crippen molar-refractivity contribution in [3.8, 4) is 11.5 Å². The first-order valence-corrected chi connectivity index (χ1v) is 14.1. The Morgan fingerprint density at radius 2 is 1.00 bits per heavy atom. The third-order valence-corrected chi connectivity index (χ3v) is 5.99. The lowest BCUT2D eigenvalue weighted by Gasteiger charge is -2.17. The van der Waals surface area contributed by atoms with Crippen LogP contribution in [0.5, 0.6) is 11.5 Å². The van der Waals surface area contributed by atoms with Gasteiger partial charge in [0.05, 0.1) is 17.8 Å². The van der Waals surface area contributed by atoms with Crippen LogP contribution >= 0.6 is 0 Å². The molecule has 3 unspecified atom stereocenters. The average molecular weight is 625 g/mol. The van der Waals surface area contributed by atoms with Gasteiger partial charge in [0.25, 0.3) is 6.47 Å². The molecule has 3 aromatic rings. The van der Waals surface area contributed by atoms with E-state index in [0.29, 0.717) is 5.56 Å². The van der Waals surface area contributed by atoms with E-state index in [1.165, 1.54) is 6.07 Å². The van der Waals surface area contributed by atoms with Crippen molar-refractivity contribution in [1.82, 2.24) is 0 Å². The highest BCUT2D eigenvalue weighted by molar-refractivity contribution is 5.93. The van der Waals surface area contributed by atoms with Crippen molar-refractivity contribution in [1.29, 1.82) is 0 Å². The van der Waals surface area contributed by atoms with Crippen LogP contribution in [0, 0.1) is 0 Å². The molecule has 0 aromatic heterocycles. The van der Waals surface area contributed by atoms with E-state index in [4.69, 9.17) is 37.9 Å². The number of benzene rings is 3. The Bertz CT molecular complexity index is 1380. The fourth-order valence-electron chi connectivity index (χ4n) is 3.57. The van der Waals surface area contributed by atoms with Crippen molar-refractivity contribution >= 4 is 24.4 Å². The Hall–Kier alpha value is -4.94. The minimum atomic E-state index is -0.652. The number of para-hydroxylation sites is 2. The number of carbonyl (C=O) groups excluding carboxylic acids is 4. The van der Waals surface area contributed by atoms with Crippen molar-refractivity contribution in [2.24, 2.45) is 0 Å². The molecule has 3 rings (SSSR count). The van der Waals surface area contributed by atoms with E-state index >= 15 is 0 Å². The van der Waals surface area contributed by atoms with Gasteiger partial charge in [-0.2, -0.15) is 0 Å². The molecule has 0 spiro atoms. The summed E-state index contributed by atoms with van der Waals surface area (Å²) < 4.78 is 42.9. The summed E-state index contributed by atoms with van der Waals surface area (Å²) in [6, 6.07) is 21.6. The summed E-state index contributed by atoms with van der Waals surface area (Å²) in [5.74, 6) is -1.26. The largest absolute Gasteiger partial charge is 0.467 e. The predicted octanol–water partition coefficient (Wildman–Crippen LogP) is 4.60. The lowest BCUT2D eigenvalue weighted by molar-refractivity contribution is -0.134. The molecular weight excluding hydrogens is 588 g/mol. The van der Waals surface area contributed by atoms with Crippen LogP contribution < -0.4 is 9.47 Å². The molecule has 0 fully saturated rings. The summed E-state index contributed by atoms with van der Waals surface area (Å²) in [6.07, 6.45) is -1.60. The van der Waals surface area contributed by atoms with E-state index in [2.05, 4.69) is 0 Å². The van der Waals surface area contributed by atoms with Crippen molar-refractivity contribution in [2.45, 2.75) is 39.1 Å². The maximum absolute atomic E-state index is 12.8. The number of ether oxygens (including phenoxy) is 8. The van der Waals surface area contributed by atoms with Crippen LogP contribution in [0.2, 0.25) is 0 Å². The SMILES string of the molecule is CC(COC(=O)c1ccccc1OCOC(C)COC(=O)c1ccccc1OCOC(C)COC(=O)c1ccccc1)OC=O. The quantitative estimate of drug-likeness (QED) is 0.0796. The molecule has 0 radical (unpaired) electrons. The molecule has 0 heterocycles. The van der Waals surface area contributed by atoms with E-state index < -0.39 is 36.2 Å². The first-order chi connectivity index (χ1) is 21.8. The topological polar surface area (TPSA) is 142 Å². The van der Waals surface area contributed by atoms with Crippen LogP contribution in [0.25, 0.3) is 0 Å². The lowest BCUT2D eigenvalue weighted by Crippen LogP contribution is -2.23. The van der Waals surface area contributed by atoms with E-state index in [1.807, 2.05) is 6.07 Å². The standard InChI is InChI=1S/C33H36O12/c1-23(41-20-34)17-39-32(36)27-13-7-9-15-29(27)45-22-43-25(3)19-40-33(37)28-14-8-10-16-30(28)44-21-42-24(2)18-38-31(35)26-11-5-4-6-12-26/h4-16,20,23-25H,17-19,21-22H2,1-3H3. The van der Waals surface area contributed by atoms with Gasteiger partial charge in [0.2, 0.25) is 0 Å². The molecule has 0 N–H and O–H groups in total. The molecule has 0 aliphatic carbocycles. The van der Waals surface area contributed by atoms with Gasteiger partial charge in [-0.3, -0.25) is 4.79 Å². The summed E-state index contributed by atoms with van der Waals surface area (Å²) in [5.41, 5.74) is 0.799. The fraction of sp³-hybridized carbons (Fsp3) is 0.333. The van der Waals surface area contributed by atoms with Gasteiger partial charge in [-0.15, -0.1) is 0 Å². The maximum Gasteiger partial charge on any atom is 0.342 e. The maximum atomic E-state index is 12.8. The molecule has 3 atom stereocenters. The number of hydrogen-bond acceptors (Lipinski definition) is 12. The summed E-state index contributed by atoms with van der Waals surface area (Å²) >= 11 is 0. The molecule has 12 nitrogen and oxygen atoms in total. The van der Waals surface area contributed by atoms with Gasteiger partial charge < -0.3 is 37.9 Å². The summed E-state index contributed by atoms with van der Waals surface area (Å²) in [5, 5.41) is 0. The second-order valence-corrected chi connectivity index (χ2v) is 9.68. The van der Waals surface area contributed by atoms with Crippen LogP contribution in [0.4, 0.5) is 0 Å². The van der Waals surface area contributed by atoms with E-state index in [9.17, 15) is 19.2 Å². The predicted molar refractivity (Wildman–Crippen MR) is 159 cm³/mol. The van der Waals surface area contributed by atoms with Crippen molar-refractivity contribution in [3.63, 3.8) is 0 Å². The number of rotatable bonds is 19. The normalized spacial score (nSPS) is 12.6. The first kappa shape index (κ1) is 34.5. The third-order valence-electron chi connectivity index (χ3n) is 5.99. The summed E-state index contributed by atoms with van der Waals surface area (Å²) in [4.78, 5) is 47.7. The van der Waals surface area contributed by atoms with Gasteiger partial charge >= 0.3 is 17.9 Å². The number of hydrogen-bond donors (Lipinski definition) is 0. The van der Waals surface area contributed by atoms with Gasteiger partial charge in [-0.05, 0) is 57.2 Å². The van der Waals surface area contributed by atoms with Gasteiger partial charge in [0.1, 0.15) is 48.6 Å². The zero-order valence-electron chi connectivity index (χ0n) is 25.2. The molecule has 12 heteroatoms. The van der Waals surface area contributed by atoms with E-state index in [1.54, 1.807) is 87.5 Å². The van der Waals surface area contributed by atoms with Crippen LogP contribution in [0.15, 0.2) is 78.9 Å². The Morgan fingerprint density at radius 3 is 1.49 bits per heavy atom. The van der Waals surface area contributed by atoms with Crippen LogP contribution in [-0.4, -0.2) is 76.1 Å². The monoisotopic (exact) mass is 624 g/mol. The van der Waals surface area contributed by atoms with Crippen molar-refractivity contribution < 1.29 is 57.1 Å². The highest BCUT2D eigenvalue weighted by Crippen LogP contribution is 2.21. The molecule has 0 aliphatic heterocycles. The van der Waals surface area contributed by atoms with Crippen molar-refractivity contribution in [2.75, 3.05) is 33.4 Å². The zero-order chi connectivity index (χ0) is 32.4. The highest BCUT2D eigenvalue weighted by atomic mass is 16.7. The fourth-order valence-corrected chi connectivity index (χ4v) is 3.57. The second-order valence-electron chi connectivity index (χ2n) is 9.68. The third kappa shape index (κ3) is 11.9. The molecule has 3 aromatic carbocycles. The molecule has 0 saturated heterocycles. The molecular formula is C33H36O12. The van der Waals surface area contributed by atoms with Gasteiger partial charge in [-0.25, -0.2) is 14.4 Å². The molecule has 0 bridgehead atoms. The lowest BCUT2D eigenvalue weighted by atomic mass is 10.2. The number of esters is 3. The zero-order valence-corrected chi connectivity index (χ0v) is 25.2. The van der Waals surface area contributed by atoms with Gasteiger partial charge in [-0.1, -0.05) is 42.5 Å². The molecule has 240 valence electrons. The smallest absolute Gasteiger partial charge is 0.342 e. The second kappa shape index (κ2) is 18.7. The summed E-state index contributed by atoms with van der Waals surface area (Å²) in [6.45, 7) is 4.69. The minimum Gasteiger partial charge on any atom is -0.467 e. The molecule has 0 saturated carbocycles. The van der Waals surface area contributed by atoms with Gasteiger partial charge in [0.15, 0.2) is 13.6 Å². The number of carbonyl (C=O) groups is 4. The van der Waals surface area contributed by atoms with E-state index in [0.717, 1.165) is 0 Å². The molecule has 45 heavy (non-hydrogen) atoms.